The molecule has 0 radical (unpaired) electrons. The number of nitrogens with zero attached hydrogens (tertiary/aromatic N) is 3. The highest BCUT2D eigenvalue weighted by Crippen LogP contribution is 2.12. The maximum absolute atomic E-state index is 11.4. The van der Waals surface area contributed by atoms with Gasteiger partial charge in [0.15, 0.2) is 0 Å². The van der Waals surface area contributed by atoms with Gasteiger partial charge in [0.2, 0.25) is 11.8 Å². The molecule has 0 aliphatic carbocycles. The second kappa shape index (κ2) is 5.11. The summed E-state index contributed by atoms with van der Waals surface area (Å²) in [5, 5.41) is 6.47. The Kier molecular flexibility index (Phi) is 3.55. The Hall–Kier alpha value is -1.37. The van der Waals surface area contributed by atoms with Gasteiger partial charge in [-0.25, -0.2) is 4.98 Å². The summed E-state index contributed by atoms with van der Waals surface area (Å²) in [4.78, 5) is 28.2. The molecule has 0 atom stereocenters. The number of rotatable bonds is 4. The molecule has 0 aromatic carbocycles. The molecule has 0 bridgehead atoms. The summed E-state index contributed by atoms with van der Waals surface area (Å²) >= 11 is 1.38. The number of imide groups is 1. The van der Waals surface area contributed by atoms with E-state index in [9.17, 15) is 9.59 Å². The third kappa shape index (κ3) is 2.60. The molecule has 1 fully saturated rings. The predicted molar refractivity (Wildman–Crippen MR) is 58.7 cm³/mol. The first-order chi connectivity index (χ1) is 7.77. The quantitative estimate of drug-likeness (QED) is 0.740. The molecule has 1 aliphatic heterocycles. The highest BCUT2D eigenvalue weighted by Gasteiger charge is 2.25. The van der Waals surface area contributed by atoms with Crippen LogP contribution in [0.15, 0.2) is 6.33 Å². The standard InChI is InChI=1S/C9H12N4O2S/c14-8-4-16-5-9(15)13(8)3-1-2-7-10-6-11-12-7/h6H,1-5H2,(H,10,11,12). The third-order valence-corrected chi connectivity index (χ3v) is 3.22. The fourth-order valence-electron chi connectivity index (χ4n) is 1.53. The molecule has 1 saturated heterocycles. The summed E-state index contributed by atoms with van der Waals surface area (Å²) in [7, 11) is 0. The van der Waals surface area contributed by atoms with Crippen LogP contribution in [0.4, 0.5) is 0 Å². The lowest BCUT2D eigenvalue weighted by molar-refractivity contribution is -0.142. The first kappa shape index (κ1) is 11.1. The maximum Gasteiger partial charge on any atom is 0.239 e. The van der Waals surface area contributed by atoms with Crippen LogP contribution in [0.5, 0.6) is 0 Å². The zero-order chi connectivity index (χ0) is 11.4. The van der Waals surface area contributed by atoms with E-state index in [1.165, 1.54) is 23.0 Å². The van der Waals surface area contributed by atoms with Gasteiger partial charge in [0.05, 0.1) is 11.5 Å². The number of amides is 2. The van der Waals surface area contributed by atoms with E-state index in [2.05, 4.69) is 15.2 Å². The van der Waals surface area contributed by atoms with Crippen LogP contribution < -0.4 is 0 Å². The first-order valence-electron chi connectivity index (χ1n) is 5.02. The normalized spacial score (nSPS) is 16.9. The number of thioether (sulfide) groups is 1. The molecule has 0 unspecified atom stereocenters. The van der Waals surface area contributed by atoms with Gasteiger partial charge in [-0.15, -0.1) is 11.8 Å². The summed E-state index contributed by atoms with van der Waals surface area (Å²) in [6.45, 7) is 0.471. The largest absolute Gasteiger partial charge is 0.281 e. The lowest BCUT2D eigenvalue weighted by Gasteiger charge is -2.24. The second-order valence-corrected chi connectivity index (χ2v) is 4.45. The minimum atomic E-state index is -0.0844. The van der Waals surface area contributed by atoms with Gasteiger partial charge in [-0.2, -0.15) is 5.10 Å². The molecular formula is C9H12N4O2S. The van der Waals surface area contributed by atoms with Crippen molar-refractivity contribution in [3.63, 3.8) is 0 Å². The fourth-order valence-corrected chi connectivity index (χ4v) is 2.29. The van der Waals surface area contributed by atoms with Crippen LogP contribution in [0.1, 0.15) is 12.2 Å². The van der Waals surface area contributed by atoms with Gasteiger partial charge in [0, 0.05) is 13.0 Å². The van der Waals surface area contributed by atoms with Crippen LogP contribution >= 0.6 is 11.8 Å². The van der Waals surface area contributed by atoms with Crippen LogP contribution in [-0.2, 0) is 16.0 Å². The van der Waals surface area contributed by atoms with Crippen molar-refractivity contribution < 1.29 is 9.59 Å². The number of aryl methyl sites for hydroxylation is 1. The molecule has 2 heterocycles. The Bertz CT molecular complexity index is 363. The summed E-state index contributed by atoms with van der Waals surface area (Å²) in [6, 6.07) is 0. The van der Waals surface area contributed by atoms with Gasteiger partial charge < -0.3 is 0 Å². The highest BCUT2D eigenvalue weighted by molar-refractivity contribution is 8.00. The van der Waals surface area contributed by atoms with E-state index in [0.717, 1.165) is 12.2 Å². The van der Waals surface area contributed by atoms with Gasteiger partial charge in [-0.1, -0.05) is 0 Å². The van der Waals surface area contributed by atoms with Crippen molar-refractivity contribution in [2.75, 3.05) is 18.1 Å². The van der Waals surface area contributed by atoms with Crippen molar-refractivity contribution in [1.82, 2.24) is 20.1 Å². The van der Waals surface area contributed by atoms with E-state index in [1.807, 2.05) is 0 Å². The number of hydrogen-bond donors (Lipinski definition) is 1. The van der Waals surface area contributed by atoms with Crippen molar-refractivity contribution in [3.8, 4) is 0 Å². The van der Waals surface area contributed by atoms with Crippen LogP contribution in [0.3, 0.4) is 0 Å². The van der Waals surface area contributed by atoms with Crippen molar-refractivity contribution >= 4 is 23.6 Å². The summed E-state index contributed by atoms with van der Waals surface area (Å²) < 4.78 is 0. The fraction of sp³-hybridized carbons (Fsp3) is 0.556. The minimum Gasteiger partial charge on any atom is -0.281 e. The van der Waals surface area contributed by atoms with Crippen molar-refractivity contribution in [2.45, 2.75) is 12.8 Å². The van der Waals surface area contributed by atoms with E-state index in [-0.39, 0.29) is 11.8 Å². The van der Waals surface area contributed by atoms with Crippen molar-refractivity contribution in [2.24, 2.45) is 0 Å². The van der Waals surface area contributed by atoms with Gasteiger partial charge >= 0.3 is 0 Å². The van der Waals surface area contributed by atoms with Gasteiger partial charge in [0.1, 0.15) is 12.2 Å². The first-order valence-corrected chi connectivity index (χ1v) is 6.18. The average Bonchev–Trinajstić information content (AvgIpc) is 2.75. The molecule has 1 aliphatic rings. The molecule has 7 heteroatoms. The number of nitrogens with one attached hydrogen (secondary N) is 1. The van der Waals surface area contributed by atoms with E-state index < -0.39 is 0 Å². The van der Waals surface area contributed by atoms with Gasteiger partial charge in [-0.05, 0) is 6.42 Å². The Morgan fingerprint density at radius 1 is 1.38 bits per heavy atom. The monoisotopic (exact) mass is 240 g/mol. The number of carbonyl (C=O) groups excluding carboxylic acids is 2. The second-order valence-electron chi connectivity index (χ2n) is 3.47. The Balaban J connectivity index is 1.80. The summed E-state index contributed by atoms with van der Waals surface area (Å²) in [6.07, 6.45) is 2.87. The number of H-pyrrole nitrogens is 1. The highest BCUT2D eigenvalue weighted by atomic mass is 32.2. The maximum atomic E-state index is 11.4. The molecule has 0 saturated carbocycles. The lowest BCUT2D eigenvalue weighted by atomic mass is 10.2. The van der Waals surface area contributed by atoms with Crippen molar-refractivity contribution in [1.29, 1.82) is 0 Å². The Morgan fingerprint density at radius 3 is 2.75 bits per heavy atom. The smallest absolute Gasteiger partial charge is 0.239 e. The van der Waals surface area contributed by atoms with E-state index in [1.54, 1.807) is 0 Å². The average molecular weight is 240 g/mol. The number of carbonyl (C=O) groups is 2. The molecule has 2 rings (SSSR count). The molecule has 1 N–H and O–H groups in total. The van der Waals surface area contributed by atoms with E-state index >= 15 is 0 Å². The van der Waals surface area contributed by atoms with E-state index in [4.69, 9.17) is 0 Å². The van der Waals surface area contributed by atoms with Gasteiger partial charge in [0.25, 0.3) is 0 Å². The topological polar surface area (TPSA) is 79.0 Å². The zero-order valence-corrected chi connectivity index (χ0v) is 9.50. The Morgan fingerprint density at radius 2 is 2.12 bits per heavy atom. The molecule has 0 spiro atoms. The molecule has 16 heavy (non-hydrogen) atoms. The van der Waals surface area contributed by atoms with Crippen LogP contribution in [0.2, 0.25) is 0 Å². The molecule has 1 aromatic rings. The Labute approximate surface area is 96.8 Å². The predicted octanol–water partition coefficient (Wildman–Crippen LogP) is -0.161. The number of aromatic nitrogens is 3. The van der Waals surface area contributed by atoms with Crippen molar-refractivity contribution in [3.05, 3.63) is 12.2 Å². The zero-order valence-electron chi connectivity index (χ0n) is 8.68. The molecule has 2 amide bonds. The number of aromatic amines is 1. The van der Waals surface area contributed by atoms with E-state index in [0.29, 0.717) is 24.5 Å². The summed E-state index contributed by atoms with van der Waals surface area (Å²) in [5.74, 6) is 1.44. The molecule has 6 nitrogen and oxygen atoms in total. The summed E-state index contributed by atoms with van der Waals surface area (Å²) in [5.41, 5.74) is 0. The SMILES string of the molecule is O=C1CSCC(=O)N1CCCc1ncn[nH]1. The third-order valence-electron chi connectivity index (χ3n) is 2.31. The van der Waals surface area contributed by atoms with Crippen LogP contribution in [0, 0.1) is 0 Å². The lowest BCUT2D eigenvalue weighted by Crippen LogP contribution is -2.43. The van der Waals surface area contributed by atoms with Gasteiger partial charge in [-0.3, -0.25) is 19.6 Å². The minimum absolute atomic E-state index is 0.0844. The van der Waals surface area contributed by atoms with Crippen LogP contribution in [0.25, 0.3) is 0 Å². The number of hydrogen-bond acceptors (Lipinski definition) is 5. The van der Waals surface area contributed by atoms with Crippen LogP contribution in [-0.4, -0.2) is 49.9 Å². The molecular weight excluding hydrogens is 228 g/mol. The molecule has 1 aromatic heterocycles. The molecule has 86 valence electrons.